The lowest BCUT2D eigenvalue weighted by molar-refractivity contribution is 0.198. The van der Waals surface area contributed by atoms with Crippen LogP contribution in [0, 0.1) is 0 Å². The number of hydrogen-bond acceptors (Lipinski definition) is 3. The molecule has 0 fully saturated rings. The van der Waals surface area contributed by atoms with Gasteiger partial charge in [0.05, 0.1) is 7.11 Å². The molecule has 0 aromatic heterocycles. The van der Waals surface area contributed by atoms with Crippen LogP contribution in [0.25, 0.3) is 0 Å². The average molecular weight is 118 g/mol. The highest BCUT2D eigenvalue weighted by molar-refractivity contribution is 8.24. The van der Waals surface area contributed by atoms with E-state index in [-0.39, 0.29) is 5.87 Å². The average Bonchev–Trinajstić information content (AvgIpc) is 1.68. The van der Waals surface area contributed by atoms with E-state index in [1.807, 2.05) is 6.26 Å². The largest absolute Gasteiger partial charge is 0.476 e. The molecule has 0 saturated heterocycles. The standard InChI is InChI=1S/C3H7BO2S/c1-6-3(5)4-7-2/h4H,1-2H3. The maximum Gasteiger partial charge on any atom is 0.325 e. The van der Waals surface area contributed by atoms with E-state index < -0.39 is 0 Å². The van der Waals surface area contributed by atoms with E-state index in [9.17, 15) is 4.79 Å². The van der Waals surface area contributed by atoms with E-state index in [0.717, 1.165) is 0 Å². The fourth-order valence-corrected chi connectivity index (χ4v) is 0.530. The third-order valence-electron chi connectivity index (χ3n) is 0.490. The van der Waals surface area contributed by atoms with Crippen LogP contribution < -0.4 is 0 Å². The van der Waals surface area contributed by atoms with Crippen molar-refractivity contribution in [1.29, 1.82) is 0 Å². The summed E-state index contributed by atoms with van der Waals surface area (Å²) >= 11 is 1.46. The van der Waals surface area contributed by atoms with E-state index in [1.54, 1.807) is 0 Å². The van der Waals surface area contributed by atoms with Crippen molar-refractivity contribution in [3.05, 3.63) is 0 Å². The molecule has 2 nitrogen and oxygen atoms in total. The van der Waals surface area contributed by atoms with Crippen molar-refractivity contribution in [3.8, 4) is 0 Å². The minimum atomic E-state index is -0.160. The maximum absolute atomic E-state index is 10.2. The molecule has 0 aliphatic rings. The van der Waals surface area contributed by atoms with Crippen LogP contribution in [-0.4, -0.2) is 25.8 Å². The van der Waals surface area contributed by atoms with E-state index in [2.05, 4.69) is 4.74 Å². The number of methoxy groups -OCH3 is 1. The summed E-state index contributed by atoms with van der Waals surface area (Å²) < 4.78 is 4.33. The van der Waals surface area contributed by atoms with Gasteiger partial charge in [0.15, 0.2) is 0 Å². The van der Waals surface area contributed by atoms with Crippen LogP contribution in [0.4, 0.5) is 4.79 Å². The van der Waals surface area contributed by atoms with Crippen LogP contribution in [0.3, 0.4) is 0 Å². The number of rotatable bonds is 2. The number of hydrogen-bond donors (Lipinski definition) is 0. The SMILES string of the molecule is COC(=O)BSC. The number of carbonyl (C=O) groups is 1. The van der Waals surface area contributed by atoms with Gasteiger partial charge in [-0.1, -0.05) is 0 Å². The van der Waals surface area contributed by atoms with Gasteiger partial charge >= 0.3 is 6.56 Å². The van der Waals surface area contributed by atoms with Crippen LogP contribution in [0.15, 0.2) is 0 Å². The molecular weight excluding hydrogens is 111 g/mol. The quantitative estimate of drug-likeness (QED) is 0.493. The van der Waals surface area contributed by atoms with E-state index in [4.69, 9.17) is 0 Å². The second-order valence-electron chi connectivity index (χ2n) is 1.01. The van der Waals surface area contributed by atoms with Gasteiger partial charge in [-0.25, -0.2) is 11.6 Å². The van der Waals surface area contributed by atoms with Gasteiger partial charge in [0.2, 0.25) is 0 Å². The first-order valence-corrected chi connectivity index (χ1v) is 3.26. The van der Waals surface area contributed by atoms with Gasteiger partial charge < -0.3 is 4.74 Å². The van der Waals surface area contributed by atoms with Crippen molar-refractivity contribution < 1.29 is 9.53 Å². The first kappa shape index (κ1) is 6.88. The molecule has 0 spiro atoms. The molecule has 0 N–H and O–H groups in total. The Labute approximate surface area is 47.8 Å². The maximum atomic E-state index is 10.2. The molecule has 7 heavy (non-hydrogen) atoms. The van der Waals surface area contributed by atoms with Crippen LogP contribution in [0.1, 0.15) is 0 Å². The Kier molecular flexibility index (Phi) is 3.99. The Bertz CT molecular complexity index is 66.0. The van der Waals surface area contributed by atoms with Crippen molar-refractivity contribution in [2.24, 2.45) is 0 Å². The molecule has 0 aromatic rings. The molecule has 0 radical (unpaired) electrons. The van der Waals surface area contributed by atoms with Crippen LogP contribution in [0.5, 0.6) is 0 Å². The van der Waals surface area contributed by atoms with Gasteiger partial charge in [-0.3, -0.25) is 4.79 Å². The van der Waals surface area contributed by atoms with Gasteiger partial charge in [0.25, 0.3) is 5.87 Å². The van der Waals surface area contributed by atoms with Crippen LogP contribution in [0.2, 0.25) is 0 Å². The normalized spacial score (nSPS) is 7.71. The van der Waals surface area contributed by atoms with Gasteiger partial charge in [0.1, 0.15) is 0 Å². The predicted molar refractivity (Wildman–Crippen MR) is 33.1 cm³/mol. The van der Waals surface area contributed by atoms with E-state index >= 15 is 0 Å². The molecule has 0 unspecified atom stereocenters. The summed E-state index contributed by atoms with van der Waals surface area (Å²) in [6.07, 6.45) is 1.86. The van der Waals surface area contributed by atoms with Crippen molar-refractivity contribution in [3.63, 3.8) is 0 Å². The second-order valence-corrected chi connectivity index (χ2v) is 1.88. The zero-order valence-corrected chi connectivity index (χ0v) is 5.25. The molecular formula is C3H7BO2S. The number of carbonyl (C=O) groups excluding carboxylic acids is 1. The lowest BCUT2D eigenvalue weighted by atomic mass is 10.1. The Morgan fingerprint density at radius 3 is 2.57 bits per heavy atom. The Morgan fingerprint density at radius 2 is 2.43 bits per heavy atom. The molecule has 0 atom stereocenters. The first-order valence-electron chi connectivity index (χ1n) is 1.87. The van der Waals surface area contributed by atoms with Crippen molar-refractivity contribution in [2.45, 2.75) is 0 Å². The highest BCUT2D eigenvalue weighted by atomic mass is 32.2. The van der Waals surface area contributed by atoms with Gasteiger partial charge in [-0.05, 0) is 6.26 Å². The smallest absolute Gasteiger partial charge is 0.325 e. The van der Waals surface area contributed by atoms with Gasteiger partial charge in [-0.15, -0.1) is 0 Å². The summed E-state index contributed by atoms with van der Waals surface area (Å²) in [5.74, 6) is -0.160. The van der Waals surface area contributed by atoms with Crippen molar-refractivity contribution in [2.75, 3.05) is 13.4 Å². The lowest BCUT2D eigenvalue weighted by Gasteiger charge is -1.89. The summed E-state index contributed by atoms with van der Waals surface area (Å²) in [7, 11) is 1.39. The van der Waals surface area contributed by atoms with Crippen molar-refractivity contribution in [1.82, 2.24) is 0 Å². The predicted octanol–water partition coefficient (Wildman–Crippen LogP) is 0.467. The summed E-state index contributed by atoms with van der Waals surface area (Å²) in [5.41, 5.74) is 0. The van der Waals surface area contributed by atoms with E-state index in [1.165, 1.54) is 18.7 Å². The Morgan fingerprint density at radius 1 is 1.86 bits per heavy atom. The van der Waals surface area contributed by atoms with Gasteiger partial charge in [-0.2, -0.15) is 0 Å². The molecule has 0 heterocycles. The molecule has 0 saturated carbocycles. The topological polar surface area (TPSA) is 26.3 Å². The third kappa shape index (κ3) is 3.72. The summed E-state index contributed by atoms with van der Waals surface area (Å²) in [6.45, 7) is 0.455. The van der Waals surface area contributed by atoms with E-state index in [0.29, 0.717) is 6.56 Å². The molecule has 0 bridgehead atoms. The summed E-state index contributed by atoms with van der Waals surface area (Å²) in [5, 5.41) is 0. The van der Waals surface area contributed by atoms with Crippen LogP contribution >= 0.6 is 11.6 Å². The molecule has 40 valence electrons. The molecule has 0 aliphatic carbocycles. The minimum Gasteiger partial charge on any atom is -0.476 e. The summed E-state index contributed by atoms with van der Waals surface area (Å²) in [4.78, 5) is 10.2. The molecule has 0 aromatic carbocycles. The second kappa shape index (κ2) is 4.05. The first-order chi connectivity index (χ1) is 3.31. The fraction of sp³-hybridized carbons (Fsp3) is 0.667. The highest BCUT2D eigenvalue weighted by Gasteiger charge is 1.97. The van der Waals surface area contributed by atoms with Crippen molar-refractivity contribution >= 4 is 24.0 Å². The monoisotopic (exact) mass is 118 g/mol. The lowest BCUT2D eigenvalue weighted by Crippen LogP contribution is -2.03. The Balaban J connectivity index is 3.00. The fourth-order valence-electron chi connectivity index (χ4n) is 0.177. The number of ether oxygens (including phenoxy) is 1. The highest BCUT2D eigenvalue weighted by Crippen LogP contribution is 1.88. The molecule has 4 heteroatoms. The zero-order chi connectivity index (χ0) is 5.70. The minimum absolute atomic E-state index is 0.160. The molecule has 0 amide bonds. The van der Waals surface area contributed by atoms with Gasteiger partial charge in [0, 0.05) is 0 Å². The molecule has 0 aliphatic heterocycles. The third-order valence-corrected chi connectivity index (χ3v) is 1.01. The Hall–Kier alpha value is -0.115. The summed E-state index contributed by atoms with van der Waals surface area (Å²) in [6, 6.07) is 0. The van der Waals surface area contributed by atoms with Crippen LogP contribution in [-0.2, 0) is 4.74 Å². The zero-order valence-electron chi connectivity index (χ0n) is 4.43. The molecule has 0 rings (SSSR count).